The van der Waals surface area contributed by atoms with E-state index < -0.39 is 17.9 Å². The summed E-state index contributed by atoms with van der Waals surface area (Å²) in [7, 11) is 1.65. The number of piperidine rings is 1. The van der Waals surface area contributed by atoms with Gasteiger partial charge in [-0.25, -0.2) is 4.79 Å². The smallest absolute Gasteiger partial charge is 0.328 e. The average Bonchev–Trinajstić information content (AvgIpc) is 3.44. The molecule has 3 heterocycles. The van der Waals surface area contributed by atoms with Crippen LogP contribution in [0.15, 0.2) is 46.0 Å². The van der Waals surface area contributed by atoms with Gasteiger partial charge in [-0.05, 0) is 60.6 Å². The highest BCUT2D eigenvalue weighted by atomic mass is 35.5. The predicted octanol–water partition coefficient (Wildman–Crippen LogP) is 4.43. The number of carboxylic acid groups (broad SMARTS) is 1. The SMILES string of the molecule is C/N=C(/NC[C@H](NC(=O)c1c(Cl)cc2c(c1Cl)CCN(C(=O)c1ccc3ccoc3c1)C2)C(=O)O)N1CCC[C@@H](C)C1. The zero-order valence-corrected chi connectivity index (χ0v) is 25.0. The summed E-state index contributed by atoms with van der Waals surface area (Å²) in [5, 5.41) is 16.6. The highest BCUT2D eigenvalue weighted by Gasteiger charge is 2.30. The number of fused-ring (bicyclic) bond motifs is 2. The number of amides is 2. The molecule has 3 aromatic rings. The third-order valence-corrected chi connectivity index (χ3v) is 8.57. The van der Waals surface area contributed by atoms with E-state index in [0.29, 0.717) is 41.6 Å². The summed E-state index contributed by atoms with van der Waals surface area (Å²) in [5.74, 6) is -0.940. The van der Waals surface area contributed by atoms with Crippen molar-refractivity contribution in [3.05, 3.63) is 68.9 Å². The molecule has 0 spiro atoms. The number of carbonyl (C=O) groups excluding carboxylic acids is 2. The highest BCUT2D eigenvalue weighted by Crippen LogP contribution is 2.35. The van der Waals surface area contributed by atoms with E-state index in [1.54, 1.807) is 36.4 Å². The lowest BCUT2D eigenvalue weighted by atomic mass is 9.96. The normalized spacial score (nSPS) is 18.0. The van der Waals surface area contributed by atoms with Crippen molar-refractivity contribution in [3.8, 4) is 0 Å². The van der Waals surface area contributed by atoms with Crippen LogP contribution in [0.2, 0.25) is 10.0 Å². The molecule has 0 aliphatic carbocycles. The van der Waals surface area contributed by atoms with Gasteiger partial charge in [0.1, 0.15) is 11.6 Å². The van der Waals surface area contributed by atoms with E-state index >= 15 is 0 Å². The van der Waals surface area contributed by atoms with Crippen LogP contribution in [0, 0.1) is 5.92 Å². The van der Waals surface area contributed by atoms with E-state index in [4.69, 9.17) is 27.6 Å². The number of nitrogens with one attached hydrogen (secondary N) is 2. The van der Waals surface area contributed by atoms with Gasteiger partial charge in [-0.3, -0.25) is 14.6 Å². The number of hydrogen-bond donors (Lipinski definition) is 3. The molecule has 0 saturated carbocycles. The Morgan fingerprint density at radius 3 is 2.71 bits per heavy atom. The standard InChI is InChI=1S/C30H33Cl2N5O5/c1-17-4-3-9-37(15-17)30(33-2)34-14-23(29(40)41)35-27(38)25-22(31)12-20-16-36(10-7-21(20)26(25)32)28(39)19-6-5-18-8-11-42-24(18)13-19/h5-6,8,11-13,17,23H,3-4,7,9-10,14-16H2,1-2H3,(H,33,34)(H,35,38)(H,40,41)/t17-,23+/m1/s1. The van der Waals surface area contributed by atoms with Gasteiger partial charge in [-0.1, -0.05) is 36.2 Å². The molecular formula is C30H33Cl2N5O5. The topological polar surface area (TPSA) is 127 Å². The van der Waals surface area contributed by atoms with E-state index in [1.807, 2.05) is 12.1 Å². The lowest BCUT2D eigenvalue weighted by molar-refractivity contribution is -0.139. The predicted molar refractivity (Wildman–Crippen MR) is 161 cm³/mol. The van der Waals surface area contributed by atoms with Gasteiger partial charge in [-0.15, -0.1) is 0 Å². The van der Waals surface area contributed by atoms with Crippen molar-refractivity contribution >= 4 is 57.9 Å². The number of furan rings is 1. The first kappa shape index (κ1) is 29.7. The summed E-state index contributed by atoms with van der Waals surface area (Å²) < 4.78 is 5.43. The van der Waals surface area contributed by atoms with Crippen LogP contribution in [0.4, 0.5) is 0 Å². The molecule has 0 bridgehead atoms. The number of carboxylic acids is 1. The van der Waals surface area contributed by atoms with Gasteiger partial charge in [0.2, 0.25) is 0 Å². The van der Waals surface area contributed by atoms with E-state index in [0.717, 1.165) is 36.9 Å². The maximum Gasteiger partial charge on any atom is 0.328 e. The van der Waals surface area contributed by atoms with Crippen LogP contribution in [0.25, 0.3) is 11.0 Å². The monoisotopic (exact) mass is 613 g/mol. The van der Waals surface area contributed by atoms with Crippen LogP contribution in [-0.2, 0) is 17.8 Å². The molecule has 0 unspecified atom stereocenters. The third-order valence-electron chi connectivity index (χ3n) is 7.86. The third kappa shape index (κ3) is 6.19. The first-order chi connectivity index (χ1) is 20.2. The van der Waals surface area contributed by atoms with Gasteiger partial charge in [0, 0.05) is 50.7 Å². The number of rotatable bonds is 6. The number of benzene rings is 2. The van der Waals surface area contributed by atoms with Crippen LogP contribution in [0.3, 0.4) is 0 Å². The Hall–Kier alpha value is -3.76. The van der Waals surface area contributed by atoms with Crippen LogP contribution in [0.5, 0.6) is 0 Å². The number of carbonyl (C=O) groups is 3. The second kappa shape index (κ2) is 12.6. The summed E-state index contributed by atoms with van der Waals surface area (Å²) in [4.78, 5) is 46.7. The summed E-state index contributed by atoms with van der Waals surface area (Å²) in [6.45, 7) is 4.41. The number of guanidine groups is 1. The van der Waals surface area contributed by atoms with Gasteiger partial charge < -0.3 is 30.0 Å². The molecule has 2 aliphatic heterocycles. The molecule has 3 N–H and O–H groups in total. The first-order valence-corrected chi connectivity index (χ1v) is 14.7. The first-order valence-electron chi connectivity index (χ1n) is 13.9. The number of nitrogens with zero attached hydrogens (tertiary/aromatic N) is 3. The minimum Gasteiger partial charge on any atom is -0.480 e. The number of aliphatic imine (C=N–C) groups is 1. The summed E-state index contributed by atoms with van der Waals surface area (Å²) in [6.07, 6.45) is 4.16. The van der Waals surface area contributed by atoms with Crippen molar-refractivity contribution in [3.63, 3.8) is 0 Å². The zero-order valence-electron chi connectivity index (χ0n) is 23.5. The van der Waals surface area contributed by atoms with Crippen LogP contribution < -0.4 is 10.6 Å². The van der Waals surface area contributed by atoms with Crippen molar-refractivity contribution in [2.45, 2.75) is 38.8 Å². The molecule has 5 rings (SSSR count). The van der Waals surface area contributed by atoms with E-state index in [1.165, 1.54) is 0 Å². The van der Waals surface area contributed by atoms with E-state index in [9.17, 15) is 19.5 Å². The largest absolute Gasteiger partial charge is 0.480 e. The molecule has 2 atom stereocenters. The van der Waals surface area contributed by atoms with Crippen molar-refractivity contribution < 1.29 is 23.9 Å². The van der Waals surface area contributed by atoms with Gasteiger partial charge in [0.25, 0.3) is 11.8 Å². The Morgan fingerprint density at radius 2 is 1.98 bits per heavy atom. The molecule has 42 heavy (non-hydrogen) atoms. The maximum absolute atomic E-state index is 13.3. The molecule has 10 nitrogen and oxygen atoms in total. The van der Waals surface area contributed by atoms with Crippen molar-refractivity contribution in [2.24, 2.45) is 10.9 Å². The average molecular weight is 615 g/mol. The second-order valence-corrected chi connectivity index (χ2v) is 11.6. The minimum absolute atomic E-state index is 0.0145. The fourth-order valence-electron chi connectivity index (χ4n) is 5.64. The number of halogens is 2. The Labute approximate surface area is 253 Å². The molecule has 1 aromatic heterocycles. The Balaban J connectivity index is 1.28. The zero-order chi connectivity index (χ0) is 30.0. The molecule has 1 fully saturated rings. The van der Waals surface area contributed by atoms with E-state index in [-0.39, 0.29) is 34.6 Å². The number of likely N-dealkylation sites (tertiary alicyclic amines) is 1. The summed E-state index contributed by atoms with van der Waals surface area (Å²) >= 11 is 13.2. The molecule has 2 aromatic carbocycles. The summed E-state index contributed by atoms with van der Waals surface area (Å²) in [5.41, 5.74) is 2.60. The van der Waals surface area contributed by atoms with Gasteiger partial charge in [0.05, 0.1) is 21.9 Å². The quantitative estimate of drug-likeness (QED) is 0.277. The molecule has 222 valence electrons. The van der Waals surface area contributed by atoms with Gasteiger partial charge >= 0.3 is 5.97 Å². The molecule has 2 aliphatic rings. The Kier molecular flexibility index (Phi) is 8.93. The van der Waals surface area contributed by atoms with Crippen molar-refractivity contribution in [1.82, 2.24) is 20.4 Å². The van der Waals surface area contributed by atoms with Gasteiger partial charge in [0.15, 0.2) is 5.96 Å². The Bertz CT molecular complexity index is 1550. The summed E-state index contributed by atoms with van der Waals surface area (Å²) in [6, 6.07) is 7.53. The van der Waals surface area contributed by atoms with Crippen LogP contribution in [-0.4, -0.2) is 77.9 Å². The Morgan fingerprint density at radius 1 is 1.17 bits per heavy atom. The molecule has 12 heteroatoms. The lowest BCUT2D eigenvalue weighted by Crippen LogP contribution is -2.53. The molecule has 1 saturated heterocycles. The molecule has 2 amide bonds. The van der Waals surface area contributed by atoms with Crippen LogP contribution >= 0.6 is 23.2 Å². The van der Waals surface area contributed by atoms with E-state index in [2.05, 4.69) is 27.4 Å². The number of hydrogen-bond acceptors (Lipinski definition) is 5. The fourth-order valence-corrected chi connectivity index (χ4v) is 6.41. The fraction of sp³-hybridized carbons (Fsp3) is 0.400. The van der Waals surface area contributed by atoms with Crippen LogP contribution in [0.1, 0.15) is 51.6 Å². The lowest BCUT2D eigenvalue weighted by Gasteiger charge is -2.34. The maximum atomic E-state index is 13.3. The second-order valence-electron chi connectivity index (χ2n) is 10.8. The van der Waals surface area contributed by atoms with Gasteiger partial charge in [-0.2, -0.15) is 0 Å². The minimum atomic E-state index is -1.25. The molecule has 0 radical (unpaired) electrons. The number of aliphatic carboxylic acids is 1. The molecular weight excluding hydrogens is 581 g/mol. The van der Waals surface area contributed by atoms with Crippen molar-refractivity contribution in [1.29, 1.82) is 0 Å². The highest BCUT2D eigenvalue weighted by molar-refractivity contribution is 6.40. The van der Waals surface area contributed by atoms with Crippen molar-refractivity contribution in [2.75, 3.05) is 33.2 Å².